The normalized spacial score (nSPS) is 20.8. The number of carbonyl (C=O) groups excluding carboxylic acids is 2. The van der Waals surface area contributed by atoms with Crippen molar-refractivity contribution in [3.63, 3.8) is 0 Å². The number of ether oxygens (including phenoxy) is 1. The van der Waals surface area contributed by atoms with E-state index in [4.69, 9.17) is 4.74 Å². The van der Waals surface area contributed by atoms with E-state index >= 15 is 0 Å². The third kappa shape index (κ3) is 6.16. The van der Waals surface area contributed by atoms with E-state index in [1.54, 1.807) is 32.5 Å². The van der Waals surface area contributed by atoms with Gasteiger partial charge in [0.05, 0.1) is 0 Å². The second kappa shape index (κ2) is 8.65. The van der Waals surface area contributed by atoms with E-state index in [1.165, 1.54) is 11.8 Å². The van der Waals surface area contributed by atoms with E-state index in [1.807, 2.05) is 30.3 Å². The number of rotatable bonds is 5. The maximum atomic E-state index is 12.7. The molecule has 1 fully saturated rings. The first-order valence-electron chi connectivity index (χ1n) is 8.81. The quantitative estimate of drug-likeness (QED) is 0.797. The molecule has 1 heterocycles. The first-order chi connectivity index (χ1) is 12.6. The van der Waals surface area contributed by atoms with E-state index < -0.39 is 35.7 Å². The Morgan fingerprint density at radius 2 is 1.89 bits per heavy atom. The fraction of sp³-hybridized carbons (Fsp3) is 0.526. The minimum Gasteiger partial charge on any atom is -0.480 e. The minimum atomic E-state index is -1.04. The van der Waals surface area contributed by atoms with Gasteiger partial charge in [0.25, 0.3) is 0 Å². The highest BCUT2D eigenvalue weighted by molar-refractivity contribution is 8.00. The maximum Gasteiger partial charge on any atom is 0.408 e. The number of hydrogen-bond acceptors (Lipinski definition) is 5. The lowest BCUT2D eigenvalue weighted by Crippen LogP contribution is -2.51. The molecule has 1 aliphatic heterocycles. The van der Waals surface area contributed by atoms with Gasteiger partial charge in [0.15, 0.2) is 0 Å². The van der Waals surface area contributed by atoms with Crippen molar-refractivity contribution < 1.29 is 24.2 Å². The van der Waals surface area contributed by atoms with Gasteiger partial charge in [0, 0.05) is 16.7 Å². The van der Waals surface area contributed by atoms with E-state index in [2.05, 4.69) is 5.32 Å². The van der Waals surface area contributed by atoms with E-state index in [0.29, 0.717) is 13.0 Å². The number of nitrogens with zero attached hydrogens (tertiary/aromatic N) is 1. The summed E-state index contributed by atoms with van der Waals surface area (Å²) in [7, 11) is 0. The van der Waals surface area contributed by atoms with Crippen molar-refractivity contribution in [1.29, 1.82) is 0 Å². The molecule has 2 amide bonds. The molecule has 1 saturated heterocycles. The van der Waals surface area contributed by atoms with Crippen LogP contribution in [0.1, 0.15) is 34.1 Å². The summed E-state index contributed by atoms with van der Waals surface area (Å²) >= 11 is 1.56. The van der Waals surface area contributed by atoms with Crippen molar-refractivity contribution >= 4 is 29.7 Å². The molecule has 0 radical (unpaired) electrons. The first-order valence-corrected chi connectivity index (χ1v) is 9.69. The minimum absolute atomic E-state index is 0.0221. The molecule has 27 heavy (non-hydrogen) atoms. The number of hydrogen-bond donors (Lipinski definition) is 2. The van der Waals surface area contributed by atoms with Gasteiger partial charge >= 0.3 is 12.1 Å². The standard InChI is InChI=1S/C19H26N2O5S/c1-12(20-18(25)26-19(2,3)4)16(22)21-11-14(10-15(21)17(23)24)27-13-8-6-5-7-9-13/h5-9,12,14-15H,10-11H2,1-4H3,(H,20,25)(H,23,24)/t12-,14-,15-/m0/s1. The number of alkyl carbamates (subject to hydrolysis) is 1. The second-order valence-electron chi connectivity index (χ2n) is 7.50. The zero-order valence-electron chi connectivity index (χ0n) is 16.0. The van der Waals surface area contributed by atoms with Crippen LogP contribution in [0, 0.1) is 0 Å². The number of aliphatic carboxylic acids is 1. The Morgan fingerprint density at radius 3 is 2.44 bits per heavy atom. The number of likely N-dealkylation sites (tertiary alicyclic amines) is 1. The van der Waals surface area contributed by atoms with Crippen molar-refractivity contribution in [3.05, 3.63) is 30.3 Å². The molecule has 3 atom stereocenters. The predicted molar refractivity (Wildman–Crippen MR) is 103 cm³/mol. The molecule has 0 unspecified atom stereocenters. The SMILES string of the molecule is C[C@H](NC(=O)OC(C)(C)C)C(=O)N1C[C@@H](Sc2ccccc2)C[C@H]1C(=O)O. The Morgan fingerprint density at radius 1 is 1.26 bits per heavy atom. The molecule has 2 N–H and O–H groups in total. The molecule has 0 spiro atoms. The van der Waals surface area contributed by atoms with Gasteiger partial charge in [-0.25, -0.2) is 9.59 Å². The van der Waals surface area contributed by atoms with Crippen LogP contribution in [0.5, 0.6) is 0 Å². The van der Waals surface area contributed by atoms with Gasteiger partial charge in [-0.2, -0.15) is 0 Å². The van der Waals surface area contributed by atoms with Gasteiger partial charge in [-0.05, 0) is 46.2 Å². The lowest BCUT2D eigenvalue weighted by molar-refractivity contribution is -0.148. The van der Waals surface area contributed by atoms with Crippen molar-refractivity contribution in [1.82, 2.24) is 10.2 Å². The first kappa shape index (κ1) is 21.1. The van der Waals surface area contributed by atoms with Crippen LogP contribution >= 0.6 is 11.8 Å². The van der Waals surface area contributed by atoms with Crippen molar-refractivity contribution in [3.8, 4) is 0 Å². The van der Waals surface area contributed by atoms with E-state index in [0.717, 1.165) is 4.90 Å². The van der Waals surface area contributed by atoms with E-state index in [-0.39, 0.29) is 5.25 Å². The lowest BCUT2D eigenvalue weighted by Gasteiger charge is -2.26. The largest absolute Gasteiger partial charge is 0.480 e. The van der Waals surface area contributed by atoms with E-state index in [9.17, 15) is 19.5 Å². The number of benzene rings is 1. The summed E-state index contributed by atoms with van der Waals surface area (Å²) in [6.45, 7) is 7.03. The maximum absolute atomic E-state index is 12.7. The Bertz CT molecular complexity index is 689. The Kier molecular flexibility index (Phi) is 6.75. The van der Waals surface area contributed by atoms with Crippen LogP contribution in [0.2, 0.25) is 0 Å². The highest BCUT2D eigenvalue weighted by Crippen LogP contribution is 2.33. The Balaban J connectivity index is 2.02. The van der Waals surface area contributed by atoms with Crippen LogP contribution in [-0.4, -0.2) is 57.5 Å². The fourth-order valence-corrected chi connectivity index (χ4v) is 4.06. The molecular formula is C19H26N2O5S. The van der Waals surface area contributed by atoms with Crippen LogP contribution in [0.3, 0.4) is 0 Å². The second-order valence-corrected chi connectivity index (χ2v) is 8.87. The zero-order valence-corrected chi connectivity index (χ0v) is 16.8. The van der Waals surface area contributed by atoms with Crippen molar-refractivity contribution in [2.75, 3.05) is 6.54 Å². The van der Waals surface area contributed by atoms with Gasteiger partial charge < -0.3 is 20.1 Å². The van der Waals surface area contributed by atoms with Gasteiger partial charge in [0.1, 0.15) is 17.7 Å². The molecule has 7 nitrogen and oxygen atoms in total. The summed E-state index contributed by atoms with van der Waals surface area (Å²) in [5.74, 6) is -1.46. The molecule has 0 bridgehead atoms. The highest BCUT2D eigenvalue weighted by atomic mass is 32.2. The van der Waals surface area contributed by atoms with Gasteiger partial charge in [0.2, 0.25) is 5.91 Å². The van der Waals surface area contributed by atoms with Crippen LogP contribution in [-0.2, 0) is 14.3 Å². The van der Waals surface area contributed by atoms with Crippen LogP contribution in [0.15, 0.2) is 35.2 Å². The summed E-state index contributed by atoms with van der Waals surface area (Å²) in [5, 5.41) is 12.0. The van der Waals surface area contributed by atoms with Gasteiger partial charge in [-0.3, -0.25) is 4.79 Å². The number of carbonyl (C=O) groups is 3. The highest BCUT2D eigenvalue weighted by Gasteiger charge is 2.41. The summed E-state index contributed by atoms with van der Waals surface area (Å²) in [5.41, 5.74) is -0.679. The number of carboxylic acid groups (broad SMARTS) is 1. The molecule has 0 aromatic heterocycles. The predicted octanol–water partition coefficient (Wildman–Crippen LogP) is 2.75. The zero-order chi connectivity index (χ0) is 20.2. The van der Waals surface area contributed by atoms with Crippen LogP contribution in [0.4, 0.5) is 4.79 Å². The fourth-order valence-electron chi connectivity index (χ4n) is 2.85. The topological polar surface area (TPSA) is 95.9 Å². The van der Waals surface area contributed by atoms with Gasteiger partial charge in [-0.1, -0.05) is 18.2 Å². The smallest absolute Gasteiger partial charge is 0.408 e. The molecule has 1 aromatic carbocycles. The third-order valence-electron chi connectivity index (χ3n) is 3.98. The molecule has 148 valence electrons. The van der Waals surface area contributed by atoms with Crippen molar-refractivity contribution in [2.24, 2.45) is 0 Å². The summed E-state index contributed by atoms with van der Waals surface area (Å²) in [6, 6.07) is 7.89. The number of nitrogens with one attached hydrogen (secondary N) is 1. The molecule has 8 heteroatoms. The number of carboxylic acids is 1. The number of amides is 2. The summed E-state index contributed by atoms with van der Waals surface area (Å²) < 4.78 is 5.15. The average Bonchev–Trinajstić information content (AvgIpc) is 2.97. The number of thioether (sulfide) groups is 1. The lowest BCUT2D eigenvalue weighted by atomic mass is 10.2. The van der Waals surface area contributed by atoms with Crippen LogP contribution < -0.4 is 5.32 Å². The van der Waals surface area contributed by atoms with Crippen LogP contribution in [0.25, 0.3) is 0 Å². The molecule has 2 rings (SSSR count). The Labute approximate surface area is 163 Å². The average molecular weight is 394 g/mol. The van der Waals surface area contributed by atoms with Crippen molar-refractivity contribution in [2.45, 2.75) is 61.9 Å². The summed E-state index contributed by atoms with van der Waals surface area (Å²) in [6.07, 6.45) is -0.343. The molecular weight excluding hydrogens is 368 g/mol. The Hall–Kier alpha value is -2.22. The van der Waals surface area contributed by atoms with Gasteiger partial charge in [-0.15, -0.1) is 11.8 Å². The molecule has 1 aromatic rings. The molecule has 0 aliphatic carbocycles. The molecule has 0 saturated carbocycles. The molecule has 1 aliphatic rings. The monoisotopic (exact) mass is 394 g/mol. The third-order valence-corrected chi connectivity index (χ3v) is 5.20. The summed E-state index contributed by atoms with van der Waals surface area (Å²) in [4.78, 5) is 38.6.